The van der Waals surface area contributed by atoms with Crippen molar-refractivity contribution >= 4 is 16.0 Å². The molecule has 0 amide bonds. The molecule has 0 aliphatic rings. The van der Waals surface area contributed by atoms with Crippen molar-refractivity contribution in [3.8, 4) is 0 Å². The molecule has 0 aliphatic heterocycles. The van der Waals surface area contributed by atoms with Gasteiger partial charge in [-0.2, -0.15) is 0 Å². The average molecular weight is 254 g/mol. The van der Waals surface area contributed by atoms with Gasteiger partial charge in [0.2, 0.25) is 0 Å². The van der Waals surface area contributed by atoms with E-state index in [-0.39, 0.29) is 11.1 Å². The fourth-order valence-electron chi connectivity index (χ4n) is 2.19. The van der Waals surface area contributed by atoms with Crippen molar-refractivity contribution in [1.82, 2.24) is 4.90 Å². The Labute approximate surface area is 111 Å². The molecule has 2 nitrogen and oxygen atoms in total. The summed E-state index contributed by atoms with van der Waals surface area (Å²) in [6.45, 7) is 17.5. The van der Waals surface area contributed by atoms with Crippen LogP contribution in [0.2, 0.25) is 0 Å². The van der Waals surface area contributed by atoms with Crippen LogP contribution in [0.1, 0.15) is 55.4 Å². The highest BCUT2D eigenvalue weighted by Gasteiger charge is 2.19. The van der Waals surface area contributed by atoms with Gasteiger partial charge in [0, 0.05) is 33.4 Å². The predicted octanol–water partition coefficient (Wildman–Crippen LogP) is 2.57. The third-order valence-corrected chi connectivity index (χ3v) is 3.11. The highest BCUT2D eigenvalue weighted by atomic mass is 28.1. The van der Waals surface area contributed by atoms with Crippen LogP contribution in [0.15, 0.2) is 16.8 Å². The fraction of sp³-hybridized carbons (Fsp3) is 0.786. The predicted molar refractivity (Wildman–Crippen MR) is 83.0 cm³/mol. The lowest BCUT2D eigenvalue weighted by Crippen LogP contribution is -2.40. The quantitative estimate of drug-likeness (QED) is 0.558. The van der Waals surface area contributed by atoms with Crippen molar-refractivity contribution < 1.29 is 0 Å². The van der Waals surface area contributed by atoms with Gasteiger partial charge in [0.25, 0.3) is 0 Å². The Kier molecular flexibility index (Phi) is 5.65. The van der Waals surface area contributed by atoms with Gasteiger partial charge in [-0.1, -0.05) is 0 Å². The van der Waals surface area contributed by atoms with E-state index >= 15 is 0 Å². The number of nitrogens with zero attached hydrogens (tertiary/aromatic N) is 2. The third-order valence-electron chi connectivity index (χ3n) is 2.48. The topological polar surface area (TPSA) is 15.6 Å². The molecule has 0 bridgehead atoms. The monoisotopic (exact) mass is 254 g/mol. The van der Waals surface area contributed by atoms with Crippen molar-refractivity contribution in [3.05, 3.63) is 11.8 Å². The van der Waals surface area contributed by atoms with Gasteiger partial charge in [0.1, 0.15) is 0 Å². The van der Waals surface area contributed by atoms with Crippen LogP contribution >= 0.6 is 0 Å². The van der Waals surface area contributed by atoms with Crippen molar-refractivity contribution in [3.63, 3.8) is 0 Å². The lowest BCUT2D eigenvalue weighted by atomic mass is 10.1. The minimum atomic E-state index is 0.00832. The van der Waals surface area contributed by atoms with Crippen LogP contribution in [-0.4, -0.2) is 38.1 Å². The van der Waals surface area contributed by atoms with Crippen molar-refractivity contribution in [2.75, 3.05) is 6.17 Å². The molecule has 0 aliphatic carbocycles. The molecular formula is C14H30N2Si. The van der Waals surface area contributed by atoms with Crippen LogP contribution in [-0.2, 0) is 0 Å². The SMILES string of the molecule is CC(/C=C(/C)N(C[SiH3])C(C)(C)C)=NC(C)(C)C. The van der Waals surface area contributed by atoms with Crippen molar-refractivity contribution in [2.45, 2.75) is 66.5 Å². The number of hydrogen-bond acceptors (Lipinski definition) is 2. The zero-order valence-corrected chi connectivity index (χ0v) is 15.2. The maximum absolute atomic E-state index is 4.67. The maximum atomic E-state index is 4.67. The molecule has 0 radical (unpaired) electrons. The molecule has 100 valence electrons. The fourth-order valence-corrected chi connectivity index (χ4v) is 3.64. The summed E-state index contributed by atoms with van der Waals surface area (Å²) in [5.41, 5.74) is 2.64. The van der Waals surface area contributed by atoms with Crippen molar-refractivity contribution in [2.24, 2.45) is 4.99 Å². The maximum Gasteiger partial charge on any atom is 0.0527 e. The molecule has 0 atom stereocenters. The summed E-state index contributed by atoms with van der Waals surface area (Å²) in [7, 11) is 1.19. The van der Waals surface area contributed by atoms with Crippen LogP contribution in [0.25, 0.3) is 0 Å². The molecule has 0 aromatic carbocycles. The van der Waals surface area contributed by atoms with Gasteiger partial charge in [-0.25, -0.2) is 0 Å². The van der Waals surface area contributed by atoms with E-state index < -0.39 is 0 Å². The molecule has 0 rings (SSSR count). The Morgan fingerprint density at radius 1 is 1.12 bits per heavy atom. The summed E-state index contributed by atoms with van der Waals surface area (Å²) in [4.78, 5) is 7.13. The lowest BCUT2D eigenvalue weighted by Gasteiger charge is -2.37. The first kappa shape index (κ1) is 16.4. The molecule has 0 aromatic rings. The molecule has 0 aromatic heterocycles. The Morgan fingerprint density at radius 3 is 1.88 bits per heavy atom. The highest BCUT2D eigenvalue weighted by Crippen LogP contribution is 2.18. The van der Waals surface area contributed by atoms with E-state index in [0.29, 0.717) is 0 Å². The first-order chi connectivity index (χ1) is 7.47. The third kappa shape index (κ3) is 6.67. The standard InChI is InChI=1S/C14H30N2Si/c1-11(15-13(3,4)5)9-12(2)16(10-17)14(6,7)8/h9H,10H2,1-8,17H3/b12-9-,15-11?. The largest absolute Gasteiger partial charge is 0.374 e. The zero-order valence-electron chi connectivity index (χ0n) is 13.2. The lowest BCUT2D eigenvalue weighted by molar-refractivity contribution is 0.216. The summed E-state index contributed by atoms with van der Waals surface area (Å²) >= 11 is 0. The Hall–Kier alpha value is -0.573. The summed E-state index contributed by atoms with van der Waals surface area (Å²) in [5.74, 6) is 0. The van der Waals surface area contributed by atoms with E-state index in [2.05, 4.69) is 71.4 Å². The summed E-state index contributed by atoms with van der Waals surface area (Å²) < 4.78 is 0. The summed E-state index contributed by atoms with van der Waals surface area (Å²) in [6.07, 6.45) is 3.36. The molecule has 0 fully saturated rings. The van der Waals surface area contributed by atoms with Crippen LogP contribution in [0, 0.1) is 0 Å². The number of allylic oxidation sites excluding steroid dienone is 2. The average Bonchev–Trinajstić information content (AvgIpc) is 1.96. The Morgan fingerprint density at radius 2 is 1.59 bits per heavy atom. The molecule has 3 heteroatoms. The second-order valence-corrected chi connectivity index (χ2v) is 7.26. The van der Waals surface area contributed by atoms with Gasteiger partial charge in [0.05, 0.1) is 5.54 Å². The van der Waals surface area contributed by atoms with E-state index in [1.54, 1.807) is 0 Å². The van der Waals surface area contributed by atoms with E-state index in [1.165, 1.54) is 15.9 Å². The number of rotatable bonds is 3. The summed E-state index contributed by atoms with van der Waals surface area (Å²) in [5, 5.41) is 0. The highest BCUT2D eigenvalue weighted by molar-refractivity contribution is 6.09. The van der Waals surface area contributed by atoms with Crippen molar-refractivity contribution in [1.29, 1.82) is 0 Å². The number of hydrogen-bond donors (Lipinski definition) is 0. The first-order valence-electron chi connectivity index (χ1n) is 6.50. The van der Waals surface area contributed by atoms with E-state index in [4.69, 9.17) is 0 Å². The van der Waals surface area contributed by atoms with E-state index in [9.17, 15) is 0 Å². The first-order valence-corrected chi connectivity index (χ1v) is 7.91. The van der Waals surface area contributed by atoms with Gasteiger partial charge in [-0.3, -0.25) is 4.99 Å². The summed E-state index contributed by atoms with van der Waals surface area (Å²) in [6, 6.07) is 0. The van der Waals surface area contributed by atoms with Crippen LogP contribution in [0.5, 0.6) is 0 Å². The normalized spacial score (nSPS) is 15.3. The molecule has 0 heterocycles. The molecular weight excluding hydrogens is 224 g/mol. The molecule has 0 saturated carbocycles. The molecule has 0 spiro atoms. The van der Waals surface area contributed by atoms with Crippen LogP contribution in [0.4, 0.5) is 0 Å². The Bertz CT molecular complexity index is 303. The zero-order chi connectivity index (χ0) is 13.9. The van der Waals surface area contributed by atoms with Gasteiger partial charge >= 0.3 is 0 Å². The van der Waals surface area contributed by atoms with Gasteiger partial charge in [0.15, 0.2) is 0 Å². The van der Waals surface area contributed by atoms with Crippen LogP contribution in [0.3, 0.4) is 0 Å². The van der Waals surface area contributed by atoms with Gasteiger partial charge in [-0.05, 0) is 61.5 Å². The Balaban J connectivity index is 5.03. The minimum absolute atomic E-state index is 0.00832. The molecule has 0 saturated heterocycles. The second-order valence-electron chi connectivity index (χ2n) is 6.62. The molecule has 0 unspecified atom stereocenters. The molecule has 17 heavy (non-hydrogen) atoms. The van der Waals surface area contributed by atoms with E-state index in [0.717, 1.165) is 11.9 Å². The smallest absolute Gasteiger partial charge is 0.0527 e. The second kappa shape index (κ2) is 5.85. The molecule has 0 N–H and O–H groups in total. The van der Waals surface area contributed by atoms with Crippen LogP contribution < -0.4 is 0 Å². The van der Waals surface area contributed by atoms with Gasteiger partial charge in [-0.15, -0.1) is 0 Å². The number of aliphatic imine (C=N–C) groups is 1. The van der Waals surface area contributed by atoms with Gasteiger partial charge < -0.3 is 4.90 Å². The van der Waals surface area contributed by atoms with E-state index in [1.807, 2.05) is 0 Å². The minimum Gasteiger partial charge on any atom is -0.374 e.